The lowest BCUT2D eigenvalue weighted by Crippen LogP contribution is -2.29. The molecule has 4 nitrogen and oxygen atoms in total. The van der Waals surface area contributed by atoms with Gasteiger partial charge in [0.25, 0.3) is 5.82 Å². The lowest BCUT2D eigenvalue weighted by molar-refractivity contribution is -0.659. The molecule has 0 unspecified atom stereocenters. The van der Waals surface area contributed by atoms with Crippen LogP contribution in [0, 0.1) is 18.7 Å². The maximum atomic E-state index is 15.0. The smallest absolute Gasteiger partial charge is 0.297 e. The number of hydrogen-bond donors (Lipinski definition) is 0. The van der Waals surface area contributed by atoms with Crippen molar-refractivity contribution in [3.05, 3.63) is 77.8 Å². The molecule has 0 aliphatic carbocycles. The van der Waals surface area contributed by atoms with Crippen molar-refractivity contribution in [3.63, 3.8) is 0 Å². The first-order valence-corrected chi connectivity index (χ1v) is 10.2. The zero-order valence-corrected chi connectivity index (χ0v) is 17.8. The number of nitrogens with zero attached hydrogens (tertiary/aromatic N) is 3. The number of pyridine rings is 1. The molecule has 6 heteroatoms. The highest BCUT2D eigenvalue weighted by Gasteiger charge is 2.29. The summed E-state index contributed by atoms with van der Waals surface area (Å²) in [6.45, 7) is 6.16. The van der Waals surface area contributed by atoms with Crippen molar-refractivity contribution in [3.8, 4) is 17.1 Å². The Balaban J connectivity index is 1.89. The van der Waals surface area contributed by atoms with Crippen molar-refractivity contribution in [2.45, 2.75) is 26.7 Å². The Bertz CT molecular complexity index is 1460. The van der Waals surface area contributed by atoms with E-state index >= 15 is 4.39 Å². The Morgan fingerprint density at radius 2 is 1.87 bits per heavy atom. The monoisotopic (exact) mass is 418 g/mol. The molecule has 0 saturated heterocycles. The van der Waals surface area contributed by atoms with Gasteiger partial charge in [-0.05, 0) is 42.7 Å². The van der Waals surface area contributed by atoms with E-state index in [1.54, 1.807) is 0 Å². The van der Waals surface area contributed by atoms with E-state index in [1.165, 1.54) is 23.8 Å². The van der Waals surface area contributed by atoms with Gasteiger partial charge in [-0.1, -0.05) is 32.0 Å². The largest absolute Gasteiger partial charge is 0.437 e. The highest BCUT2D eigenvalue weighted by atomic mass is 19.1. The molecule has 31 heavy (non-hydrogen) atoms. The summed E-state index contributed by atoms with van der Waals surface area (Å²) >= 11 is 0. The molecule has 0 atom stereocenters. The molecule has 0 fully saturated rings. The third-order valence-electron chi connectivity index (χ3n) is 5.77. The van der Waals surface area contributed by atoms with Gasteiger partial charge in [0.2, 0.25) is 11.7 Å². The van der Waals surface area contributed by atoms with Crippen LogP contribution in [0.1, 0.15) is 30.9 Å². The Morgan fingerprint density at radius 3 is 2.65 bits per heavy atom. The normalized spacial score (nSPS) is 11.8. The number of fused-ring (bicyclic) bond motifs is 3. The van der Waals surface area contributed by atoms with E-state index < -0.39 is 11.8 Å². The first-order valence-electron chi connectivity index (χ1n) is 10.2. The summed E-state index contributed by atoms with van der Waals surface area (Å²) in [5.41, 5.74) is 4.17. The minimum Gasteiger partial charge on any atom is -0.437 e. The van der Waals surface area contributed by atoms with Gasteiger partial charge >= 0.3 is 0 Å². The van der Waals surface area contributed by atoms with Crippen molar-refractivity contribution < 1.29 is 17.8 Å². The number of benzene rings is 2. The van der Waals surface area contributed by atoms with Crippen LogP contribution in [0.2, 0.25) is 0 Å². The third-order valence-corrected chi connectivity index (χ3v) is 5.77. The Morgan fingerprint density at radius 1 is 1.10 bits per heavy atom. The number of halogens is 2. The zero-order chi connectivity index (χ0) is 21.9. The van der Waals surface area contributed by atoms with Crippen LogP contribution in [0.4, 0.5) is 8.78 Å². The van der Waals surface area contributed by atoms with E-state index in [1.807, 2.05) is 43.1 Å². The van der Waals surface area contributed by atoms with Crippen LogP contribution in [0.3, 0.4) is 0 Å². The number of aromatic nitrogens is 3. The van der Waals surface area contributed by atoms with Gasteiger partial charge in [-0.2, -0.15) is 13.9 Å². The summed E-state index contributed by atoms with van der Waals surface area (Å²) in [5.74, 6) is 0.0939. The molecule has 0 aliphatic heterocycles. The van der Waals surface area contributed by atoms with E-state index in [0.29, 0.717) is 22.3 Å². The fraction of sp³-hybridized carbons (Fsp3) is 0.200. The van der Waals surface area contributed by atoms with Crippen LogP contribution in [0.25, 0.3) is 39.1 Å². The number of imidazole rings is 1. The van der Waals surface area contributed by atoms with Crippen molar-refractivity contribution in [2.75, 3.05) is 0 Å². The molecule has 0 radical (unpaired) electrons. The molecule has 3 heterocycles. The number of rotatable bonds is 3. The Hall–Kier alpha value is -3.54. The molecular formula is C25H22F2N3O+. The summed E-state index contributed by atoms with van der Waals surface area (Å²) < 4.78 is 38.8. The molecular weight excluding hydrogens is 396 g/mol. The van der Waals surface area contributed by atoms with Crippen LogP contribution in [-0.2, 0) is 7.05 Å². The van der Waals surface area contributed by atoms with Crippen molar-refractivity contribution >= 4 is 22.1 Å². The second-order valence-electron chi connectivity index (χ2n) is 8.16. The van der Waals surface area contributed by atoms with Gasteiger partial charge in [-0.15, -0.1) is 0 Å². The maximum absolute atomic E-state index is 15.0. The van der Waals surface area contributed by atoms with E-state index in [9.17, 15) is 4.39 Å². The minimum atomic E-state index is -0.662. The highest BCUT2D eigenvalue weighted by molar-refractivity contribution is 6.08. The van der Waals surface area contributed by atoms with E-state index in [4.69, 9.17) is 4.42 Å². The predicted octanol–water partition coefficient (Wildman–Crippen LogP) is 5.97. The summed E-state index contributed by atoms with van der Waals surface area (Å²) in [4.78, 5) is 3.83. The molecule has 0 N–H and O–H groups in total. The molecule has 0 amide bonds. The molecule has 156 valence electrons. The van der Waals surface area contributed by atoms with Crippen LogP contribution < -0.4 is 4.57 Å². The second kappa shape index (κ2) is 7.01. The number of hydrogen-bond acceptors (Lipinski definition) is 2. The molecule has 5 aromatic rings. The van der Waals surface area contributed by atoms with E-state index in [-0.39, 0.29) is 5.71 Å². The number of furan rings is 1. The molecule has 5 rings (SSSR count). The molecule has 0 spiro atoms. The van der Waals surface area contributed by atoms with Gasteiger partial charge in [0.1, 0.15) is 29.5 Å². The first kappa shape index (κ1) is 19.4. The highest BCUT2D eigenvalue weighted by Crippen LogP contribution is 2.39. The molecule has 0 saturated carbocycles. The average Bonchev–Trinajstić information content (AvgIpc) is 3.29. The van der Waals surface area contributed by atoms with Crippen molar-refractivity contribution in [1.29, 1.82) is 0 Å². The number of para-hydroxylation sites is 1. The molecule has 3 aromatic heterocycles. The molecule has 2 aromatic carbocycles. The van der Waals surface area contributed by atoms with Crippen LogP contribution in [-0.4, -0.2) is 9.55 Å². The maximum Gasteiger partial charge on any atom is 0.297 e. The Labute approximate surface area is 178 Å². The predicted molar refractivity (Wildman–Crippen MR) is 116 cm³/mol. The SMILES string of the molecule is Cc1cc(F)c2c(oc3nc(F)ccc32)c1-c1n(-c2ccccc2C(C)C)cc[n+]1C. The van der Waals surface area contributed by atoms with Crippen molar-refractivity contribution in [1.82, 2.24) is 9.55 Å². The van der Waals surface area contributed by atoms with Gasteiger partial charge in [-0.25, -0.2) is 8.96 Å². The first-order chi connectivity index (χ1) is 14.9. The van der Waals surface area contributed by atoms with Gasteiger partial charge in [-0.3, -0.25) is 0 Å². The summed E-state index contributed by atoms with van der Waals surface area (Å²) in [6, 6.07) is 12.5. The summed E-state index contributed by atoms with van der Waals surface area (Å²) in [7, 11) is 1.94. The van der Waals surface area contributed by atoms with Crippen LogP contribution >= 0.6 is 0 Å². The van der Waals surface area contributed by atoms with Crippen LogP contribution in [0.5, 0.6) is 0 Å². The number of aryl methyl sites for hydroxylation is 2. The topological polar surface area (TPSA) is 34.8 Å². The lowest BCUT2D eigenvalue weighted by Gasteiger charge is -2.12. The van der Waals surface area contributed by atoms with E-state index in [2.05, 4.69) is 35.5 Å². The van der Waals surface area contributed by atoms with Crippen LogP contribution in [0.15, 0.2) is 59.3 Å². The fourth-order valence-electron chi connectivity index (χ4n) is 4.32. The quantitative estimate of drug-likeness (QED) is 0.267. The Kier molecular flexibility index (Phi) is 4.39. The zero-order valence-electron chi connectivity index (χ0n) is 17.8. The summed E-state index contributed by atoms with van der Waals surface area (Å²) in [6.07, 6.45) is 3.95. The average molecular weight is 418 g/mol. The molecule has 0 aliphatic rings. The van der Waals surface area contributed by atoms with E-state index in [0.717, 1.165) is 22.6 Å². The van der Waals surface area contributed by atoms with Gasteiger partial charge in [0.15, 0.2) is 5.58 Å². The lowest BCUT2D eigenvalue weighted by atomic mass is 10.00. The minimum absolute atomic E-state index is 0.0871. The van der Waals surface area contributed by atoms with Gasteiger partial charge < -0.3 is 4.42 Å². The second-order valence-corrected chi connectivity index (χ2v) is 8.16. The summed E-state index contributed by atoms with van der Waals surface area (Å²) in [5, 5.41) is 0.770. The fourth-order valence-corrected chi connectivity index (χ4v) is 4.32. The third kappa shape index (κ3) is 2.93. The molecule has 0 bridgehead atoms. The van der Waals surface area contributed by atoms with Gasteiger partial charge in [0.05, 0.1) is 17.8 Å². The van der Waals surface area contributed by atoms with Crippen molar-refractivity contribution in [2.24, 2.45) is 7.05 Å². The van der Waals surface area contributed by atoms with Gasteiger partial charge in [0, 0.05) is 5.56 Å². The standard InChI is InChI=1S/C25H22F2N3O/c1-14(2)16-7-5-6-8-19(16)30-12-11-29(4)25(30)21-15(3)13-18(26)22-17-9-10-20(27)28-24(17)31-23(21)22/h5-14H,1-4H3/q+1.